The number of hydrogen-bond donors (Lipinski definition) is 0. The predicted molar refractivity (Wildman–Crippen MR) is 116 cm³/mol. The lowest BCUT2D eigenvalue weighted by molar-refractivity contribution is -0.131. The third-order valence-electron chi connectivity index (χ3n) is 5.87. The van der Waals surface area contributed by atoms with Crippen LogP contribution in [-0.4, -0.2) is 39.2 Å². The highest BCUT2D eigenvalue weighted by Gasteiger charge is 2.33. The van der Waals surface area contributed by atoms with Gasteiger partial charge in [-0.2, -0.15) is 5.10 Å². The fourth-order valence-corrected chi connectivity index (χ4v) is 4.41. The summed E-state index contributed by atoms with van der Waals surface area (Å²) in [5, 5.41) is 4.77. The van der Waals surface area contributed by atoms with Gasteiger partial charge >= 0.3 is 0 Å². The number of benzene rings is 1. The zero-order valence-corrected chi connectivity index (χ0v) is 18.1. The second kappa shape index (κ2) is 8.30. The quantitative estimate of drug-likeness (QED) is 0.645. The highest BCUT2D eigenvalue weighted by atomic mass is 16.5. The van der Waals surface area contributed by atoms with Crippen LogP contribution in [0.2, 0.25) is 0 Å². The van der Waals surface area contributed by atoms with Crippen LogP contribution in [-0.2, 0) is 18.3 Å². The summed E-state index contributed by atoms with van der Waals surface area (Å²) in [6.45, 7) is 4.83. The van der Waals surface area contributed by atoms with Crippen molar-refractivity contribution in [3.63, 3.8) is 0 Å². The molecule has 1 aromatic carbocycles. The first-order valence-corrected chi connectivity index (χ1v) is 10.4. The number of carbonyl (C=O) groups is 1. The number of aryl methyl sites for hydroxylation is 3. The van der Waals surface area contributed by atoms with E-state index in [0.29, 0.717) is 6.42 Å². The first-order chi connectivity index (χ1) is 14.5. The number of ether oxygens (including phenoxy) is 1. The van der Waals surface area contributed by atoms with Crippen molar-refractivity contribution >= 4 is 5.91 Å². The third kappa shape index (κ3) is 3.82. The number of pyridine rings is 1. The van der Waals surface area contributed by atoms with Gasteiger partial charge in [-0.05, 0) is 61.1 Å². The second-order valence-corrected chi connectivity index (χ2v) is 8.02. The molecule has 1 aliphatic rings. The van der Waals surface area contributed by atoms with Crippen molar-refractivity contribution in [2.45, 2.75) is 39.2 Å². The van der Waals surface area contributed by atoms with Crippen molar-refractivity contribution in [2.75, 3.05) is 13.7 Å². The summed E-state index contributed by atoms with van der Waals surface area (Å²) in [5.74, 6) is 0.987. The third-order valence-corrected chi connectivity index (χ3v) is 5.87. The molecule has 4 rings (SSSR count). The van der Waals surface area contributed by atoms with Crippen LogP contribution in [0, 0.1) is 13.8 Å². The maximum absolute atomic E-state index is 13.2. The van der Waals surface area contributed by atoms with Crippen LogP contribution in [0.25, 0.3) is 11.1 Å². The van der Waals surface area contributed by atoms with Crippen molar-refractivity contribution in [1.82, 2.24) is 19.7 Å². The molecule has 0 spiro atoms. The first kappa shape index (κ1) is 20.1. The fourth-order valence-electron chi connectivity index (χ4n) is 4.41. The molecule has 3 heterocycles. The molecule has 0 N–H and O–H groups in total. The molecule has 1 amide bonds. The highest BCUT2D eigenvalue weighted by molar-refractivity contribution is 5.80. The van der Waals surface area contributed by atoms with Gasteiger partial charge < -0.3 is 9.64 Å². The number of aromatic nitrogens is 3. The predicted octanol–water partition coefficient (Wildman–Crippen LogP) is 4.01. The summed E-state index contributed by atoms with van der Waals surface area (Å²) in [7, 11) is 3.60. The van der Waals surface area contributed by atoms with Crippen LogP contribution in [0.1, 0.15) is 41.3 Å². The van der Waals surface area contributed by atoms with Crippen molar-refractivity contribution in [1.29, 1.82) is 0 Å². The fraction of sp³-hybridized carbons (Fsp3) is 0.375. The number of rotatable bonds is 5. The van der Waals surface area contributed by atoms with Crippen LogP contribution >= 0.6 is 0 Å². The maximum atomic E-state index is 13.2. The van der Waals surface area contributed by atoms with Crippen molar-refractivity contribution in [3.8, 4) is 16.9 Å². The van der Waals surface area contributed by atoms with E-state index in [1.807, 2.05) is 66.4 Å². The zero-order chi connectivity index (χ0) is 21.3. The minimum absolute atomic E-state index is 0.000565. The van der Waals surface area contributed by atoms with E-state index >= 15 is 0 Å². The van der Waals surface area contributed by atoms with Crippen LogP contribution in [0.5, 0.6) is 5.75 Å². The Morgan fingerprint density at radius 3 is 2.77 bits per heavy atom. The highest BCUT2D eigenvalue weighted by Crippen LogP contribution is 2.38. The molecule has 0 radical (unpaired) electrons. The molecule has 1 aliphatic heterocycles. The van der Waals surface area contributed by atoms with Crippen LogP contribution in [0.4, 0.5) is 0 Å². The van der Waals surface area contributed by atoms with E-state index in [2.05, 4.69) is 11.9 Å². The molecule has 3 aromatic rings. The number of hydrogen-bond acceptors (Lipinski definition) is 4. The average Bonchev–Trinajstić information content (AvgIpc) is 3.35. The Morgan fingerprint density at radius 2 is 2.03 bits per heavy atom. The molecular formula is C24H28N4O2. The molecule has 6 nitrogen and oxygen atoms in total. The van der Waals surface area contributed by atoms with E-state index < -0.39 is 0 Å². The molecule has 0 unspecified atom stereocenters. The van der Waals surface area contributed by atoms with Gasteiger partial charge in [-0.3, -0.25) is 14.5 Å². The Kier molecular flexibility index (Phi) is 5.57. The molecule has 30 heavy (non-hydrogen) atoms. The lowest BCUT2D eigenvalue weighted by Crippen LogP contribution is -2.32. The standard InChI is InChI=1S/C24H28N4O2/c1-16-12-18(7-8-22(16)30-4)13-23(29)28-11-5-6-21(28)24-20(15-27(3)26-24)19-9-10-25-14-17(19)2/h7-10,12,14-15,21H,5-6,11,13H2,1-4H3/t21-/m0/s1. The van der Waals surface area contributed by atoms with E-state index in [1.54, 1.807) is 7.11 Å². The molecule has 2 aromatic heterocycles. The molecule has 6 heteroatoms. The van der Waals surface area contributed by atoms with Gasteiger partial charge in [-0.1, -0.05) is 12.1 Å². The normalized spacial score (nSPS) is 16.1. The Labute approximate surface area is 177 Å². The number of amides is 1. The maximum Gasteiger partial charge on any atom is 0.227 e. The minimum Gasteiger partial charge on any atom is -0.496 e. The number of likely N-dealkylation sites (tertiary alicyclic amines) is 1. The molecular weight excluding hydrogens is 376 g/mol. The molecule has 0 aliphatic carbocycles. The van der Waals surface area contributed by atoms with Gasteiger partial charge in [0.25, 0.3) is 0 Å². The van der Waals surface area contributed by atoms with Gasteiger partial charge in [0.15, 0.2) is 0 Å². The van der Waals surface area contributed by atoms with Crippen LogP contribution < -0.4 is 4.74 Å². The van der Waals surface area contributed by atoms with Crippen molar-refractivity contribution in [2.24, 2.45) is 7.05 Å². The Hall–Kier alpha value is -3.15. The van der Waals surface area contributed by atoms with E-state index in [-0.39, 0.29) is 11.9 Å². The van der Waals surface area contributed by atoms with Gasteiger partial charge in [-0.15, -0.1) is 0 Å². The molecule has 1 saturated heterocycles. The summed E-state index contributed by atoms with van der Waals surface area (Å²) in [6, 6.07) is 7.97. The summed E-state index contributed by atoms with van der Waals surface area (Å²) in [6.07, 6.45) is 8.03. The second-order valence-electron chi connectivity index (χ2n) is 8.02. The largest absolute Gasteiger partial charge is 0.496 e. The van der Waals surface area contributed by atoms with E-state index in [4.69, 9.17) is 9.84 Å². The summed E-state index contributed by atoms with van der Waals surface area (Å²) < 4.78 is 7.18. The average molecular weight is 405 g/mol. The van der Waals surface area contributed by atoms with E-state index in [9.17, 15) is 4.79 Å². The van der Waals surface area contributed by atoms with Crippen molar-refractivity contribution < 1.29 is 9.53 Å². The molecule has 156 valence electrons. The van der Waals surface area contributed by atoms with Crippen molar-refractivity contribution in [3.05, 3.63) is 65.2 Å². The molecule has 1 atom stereocenters. The summed E-state index contributed by atoms with van der Waals surface area (Å²) in [5.41, 5.74) is 6.34. The number of carbonyl (C=O) groups excluding carboxylic acids is 1. The number of methoxy groups -OCH3 is 1. The molecule has 0 bridgehead atoms. The Balaban J connectivity index is 1.61. The molecule has 1 fully saturated rings. The Bertz CT molecular complexity index is 1070. The SMILES string of the molecule is COc1ccc(CC(=O)N2CCC[C@H]2c2nn(C)cc2-c2ccncc2C)cc1C. The van der Waals surface area contributed by atoms with E-state index in [1.165, 1.54) is 0 Å². The van der Waals surface area contributed by atoms with Crippen LogP contribution in [0.3, 0.4) is 0 Å². The lowest BCUT2D eigenvalue weighted by atomic mass is 9.98. The zero-order valence-electron chi connectivity index (χ0n) is 18.1. The minimum atomic E-state index is 0.000565. The van der Waals surface area contributed by atoms with Gasteiger partial charge in [0.1, 0.15) is 5.75 Å². The monoisotopic (exact) mass is 404 g/mol. The van der Waals surface area contributed by atoms with Gasteiger partial charge in [0, 0.05) is 37.7 Å². The Morgan fingerprint density at radius 1 is 1.20 bits per heavy atom. The van der Waals surface area contributed by atoms with E-state index in [0.717, 1.165) is 58.6 Å². The smallest absolute Gasteiger partial charge is 0.227 e. The number of nitrogens with zero attached hydrogens (tertiary/aromatic N) is 4. The van der Waals surface area contributed by atoms with Gasteiger partial charge in [0.2, 0.25) is 5.91 Å². The van der Waals surface area contributed by atoms with Gasteiger partial charge in [-0.25, -0.2) is 0 Å². The van der Waals surface area contributed by atoms with Gasteiger partial charge in [0.05, 0.1) is 25.3 Å². The summed E-state index contributed by atoms with van der Waals surface area (Å²) >= 11 is 0. The summed E-state index contributed by atoms with van der Waals surface area (Å²) in [4.78, 5) is 19.5. The topological polar surface area (TPSA) is 60.2 Å². The lowest BCUT2D eigenvalue weighted by Gasteiger charge is -2.25. The first-order valence-electron chi connectivity index (χ1n) is 10.4. The van der Waals surface area contributed by atoms with Crippen LogP contribution in [0.15, 0.2) is 42.9 Å². The molecule has 0 saturated carbocycles.